The summed E-state index contributed by atoms with van der Waals surface area (Å²) in [6.07, 6.45) is 5.96. The summed E-state index contributed by atoms with van der Waals surface area (Å²) >= 11 is 1.85. The van der Waals surface area contributed by atoms with Crippen molar-refractivity contribution in [3.63, 3.8) is 0 Å². The van der Waals surface area contributed by atoms with Crippen LogP contribution >= 0.6 is 11.3 Å². The summed E-state index contributed by atoms with van der Waals surface area (Å²) in [4.78, 5) is 5.13. The lowest BCUT2D eigenvalue weighted by Gasteiger charge is -2.26. The average molecular weight is 406 g/mol. The molecule has 5 heteroatoms. The van der Waals surface area contributed by atoms with E-state index in [4.69, 9.17) is 9.15 Å². The van der Waals surface area contributed by atoms with Crippen molar-refractivity contribution in [3.05, 3.63) is 45.5 Å². The van der Waals surface area contributed by atoms with Crippen molar-refractivity contribution < 1.29 is 14.3 Å². The van der Waals surface area contributed by atoms with Gasteiger partial charge in [-0.15, -0.1) is 11.3 Å². The summed E-state index contributed by atoms with van der Waals surface area (Å²) < 4.78 is 12.0. The third-order valence-corrected chi connectivity index (χ3v) is 6.47. The van der Waals surface area contributed by atoms with E-state index < -0.39 is 5.60 Å². The highest BCUT2D eigenvalue weighted by molar-refractivity contribution is 7.11. The SMILES string of the molecule is CCCC(O)(CCC)c1ccc(CN(Cc2ccc(C)s2)CC2CCCO2)o1. The largest absolute Gasteiger partial charge is 0.462 e. The van der Waals surface area contributed by atoms with E-state index in [1.54, 1.807) is 0 Å². The molecule has 1 saturated heterocycles. The molecule has 1 aliphatic heterocycles. The Hall–Kier alpha value is -1.14. The van der Waals surface area contributed by atoms with Crippen molar-refractivity contribution in [3.8, 4) is 0 Å². The van der Waals surface area contributed by atoms with E-state index in [-0.39, 0.29) is 0 Å². The minimum atomic E-state index is -0.841. The lowest BCUT2D eigenvalue weighted by molar-refractivity contribution is -0.00563. The highest BCUT2D eigenvalue weighted by atomic mass is 32.1. The van der Waals surface area contributed by atoms with Crippen molar-refractivity contribution in [2.75, 3.05) is 13.2 Å². The number of aliphatic hydroxyl groups is 1. The second kappa shape index (κ2) is 10.1. The molecule has 1 N–H and O–H groups in total. The number of rotatable bonds is 11. The van der Waals surface area contributed by atoms with Crippen molar-refractivity contribution in [1.82, 2.24) is 4.90 Å². The van der Waals surface area contributed by atoms with Gasteiger partial charge < -0.3 is 14.3 Å². The molecule has 3 rings (SSSR count). The maximum atomic E-state index is 11.1. The smallest absolute Gasteiger partial charge is 0.135 e. The summed E-state index contributed by atoms with van der Waals surface area (Å²) in [5, 5.41) is 11.1. The van der Waals surface area contributed by atoms with Crippen LogP contribution in [0.4, 0.5) is 0 Å². The van der Waals surface area contributed by atoms with Crippen LogP contribution in [-0.2, 0) is 23.4 Å². The van der Waals surface area contributed by atoms with E-state index in [9.17, 15) is 5.11 Å². The van der Waals surface area contributed by atoms with E-state index in [1.807, 2.05) is 23.5 Å². The molecule has 2 aromatic heterocycles. The van der Waals surface area contributed by atoms with Gasteiger partial charge in [-0.3, -0.25) is 4.90 Å². The van der Waals surface area contributed by atoms with E-state index in [2.05, 4.69) is 37.8 Å². The molecule has 0 aromatic carbocycles. The van der Waals surface area contributed by atoms with Crippen LogP contribution in [0, 0.1) is 6.92 Å². The lowest BCUT2D eigenvalue weighted by Crippen LogP contribution is -2.31. The van der Waals surface area contributed by atoms with Crippen LogP contribution in [0.3, 0.4) is 0 Å². The molecule has 1 unspecified atom stereocenters. The number of nitrogens with zero attached hydrogens (tertiary/aromatic N) is 1. The van der Waals surface area contributed by atoms with Gasteiger partial charge in [0.2, 0.25) is 0 Å². The third-order valence-electron chi connectivity index (χ3n) is 5.49. The molecule has 0 amide bonds. The third kappa shape index (κ3) is 5.69. The van der Waals surface area contributed by atoms with Crippen LogP contribution in [0.25, 0.3) is 0 Å². The minimum Gasteiger partial charge on any atom is -0.462 e. The molecule has 156 valence electrons. The number of hydrogen-bond acceptors (Lipinski definition) is 5. The van der Waals surface area contributed by atoms with Crippen LogP contribution in [0.1, 0.15) is 73.6 Å². The fourth-order valence-electron chi connectivity index (χ4n) is 4.18. The van der Waals surface area contributed by atoms with Crippen LogP contribution in [0.5, 0.6) is 0 Å². The first-order valence-corrected chi connectivity index (χ1v) is 11.5. The average Bonchev–Trinajstić information content (AvgIpc) is 3.39. The highest BCUT2D eigenvalue weighted by Crippen LogP contribution is 2.33. The zero-order valence-corrected chi connectivity index (χ0v) is 18.4. The molecule has 0 aliphatic carbocycles. The number of furan rings is 1. The zero-order chi connectivity index (χ0) is 20.0. The Bertz CT molecular complexity index is 711. The highest BCUT2D eigenvalue weighted by Gasteiger charge is 2.31. The predicted octanol–water partition coefficient (Wildman–Crippen LogP) is 5.62. The molecule has 28 heavy (non-hydrogen) atoms. The lowest BCUT2D eigenvalue weighted by atomic mass is 9.90. The molecule has 3 heterocycles. The summed E-state index contributed by atoms with van der Waals surface area (Å²) in [5.74, 6) is 1.64. The van der Waals surface area contributed by atoms with Gasteiger partial charge in [0.15, 0.2) is 0 Å². The van der Waals surface area contributed by atoms with Gasteiger partial charge in [-0.1, -0.05) is 26.7 Å². The molecule has 1 aliphatic rings. The monoisotopic (exact) mass is 405 g/mol. The minimum absolute atomic E-state index is 0.313. The maximum absolute atomic E-state index is 11.1. The topological polar surface area (TPSA) is 45.8 Å². The second-order valence-corrected chi connectivity index (χ2v) is 9.49. The molecule has 2 aromatic rings. The summed E-state index contributed by atoms with van der Waals surface area (Å²) in [6.45, 7) is 9.81. The van der Waals surface area contributed by atoms with Crippen LogP contribution < -0.4 is 0 Å². The Morgan fingerprint density at radius 3 is 2.54 bits per heavy atom. The predicted molar refractivity (Wildman–Crippen MR) is 115 cm³/mol. The van der Waals surface area contributed by atoms with Crippen molar-refractivity contribution in [2.24, 2.45) is 0 Å². The fraction of sp³-hybridized carbons (Fsp3) is 0.652. The molecule has 0 saturated carbocycles. The van der Waals surface area contributed by atoms with E-state index in [0.717, 1.165) is 76.3 Å². The van der Waals surface area contributed by atoms with E-state index >= 15 is 0 Å². The van der Waals surface area contributed by atoms with Gasteiger partial charge in [0.25, 0.3) is 0 Å². The molecular formula is C23H35NO3S. The van der Waals surface area contributed by atoms with Crippen LogP contribution in [0.15, 0.2) is 28.7 Å². The van der Waals surface area contributed by atoms with Gasteiger partial charge >= 0.3 is 0 Å². The van der Waals surface area contributed by atoms with Gasteiger partial charge in [0.1, 0.15) is 17.1 Å². The zero-order valence-electron chi connectivity index (χ0n) is 17.6. The van der Waals surface area contributed by atoms with Crippen molar-refractivity contribution in [1.29, 1.82) is 0 Å². The van der Waals surface area contributed by atoms with Crippen molar-refractivity contribution in [2.45, 2.75) is 84.1 Å². The Morgan fingerprint density at radius 2 is 1.93 bits per heavy atom. The quantitative estimate of drug-likeness (QED) is 0.527. The van der Waals surface area contributed by atoms with Gasteiger partial charge in [0.05, 0.1) is 12.6 Å². The molecule has 1 atom stereocenters. The molecule has 1 fully saturated rings. The molecule has 0 radical (unpaired) electrons. The standard InChI is InChI=1S/C23H35NO3S/c1-4-12-23(25,13-5-2)22-11-9-20(27-22)16-24(15-19-7-6-14-26-19)17-21-10-8-18(3)28-21/h8-11,19,25H,4-7,12-17H2,1-3H3. The number of aryl methyl sites for hydroxylation is 1. The van der Waals surface area contributed by atoms with Gasteiger partial charge in [-0.2, -0.15) is 0 Å². The Kier molecular flexibility index (Phi) is 7.75. The first kappa shape index (κ1) is 21.6. The number of ether oxygens (including phenoxy) is 1. The van der Waals surface area contributed by atoms with Gasteiger partial charge in [-0.25, -0.2) is 0 Å². The Labute approximate surface area is 173 Å². The van der Waals surface area contributed by atoms with Gasteiger partial charge in [0, 0.05) is 29.5 Å². The van der Waals surface area contributed by atoms with E-state index in [0.29, 0.717) is 6.10 Å². The Morgan fingerprint density at radius 1 is 1.14 bits per heavy atom. The first-order chi connectivity index (χ1) is 13.5. The second-order valence-electron chi connectivity index (χ2n) is 8.11. The van der Waals surface area contributed by atoms with Crippen molar-refractivity contribution >= 4 is 11.3 Å². The van der Waals surface area contributed by atoms with E-state index in [1.165, 1.54) is 9.75 Å². The number of thiophene rings is 1. The molecule has 0 bridgehead atoms. The molecule has 4 nitrogen and oxygen atoms in total. The van der Waals surface area contributed by atoms with Crippen LogP contribution in [0.2, 0.25) is 0 Å². The Balaban J connectivity index is 1.71. The molecular weight excluding hydrogens is 370 g/mol. The van der Waals surface area contributed by atoms with Gasteiger partial charge in [-0.05, 0) is 56.9 Å². The summed E-state index contributed by atoms with van der Waals surface area (Å²) in [6, 6.07) is 8.41. The first-order valence-electron chi connectivity index (χ1n) is 10.7. The molecule has 0 spiro atoms. The normalized spacial score (nSPS) is 17.7. The number of hydrogen-bond donors (Lipinski definition) is 1. The summed E-state index contributed by atoms with van der Waals surface area (Å²) in [5.41, 5.74) is -0.841. The van der Waals surface area contributed by atoms with Crippen LogP contribution in [-0.4, -0.2) is 29.3 Å². The fourth-order valence-corrected chi connectivity index (χ4v) is 5.12. The maximum Gasteiger partial charge on any atom is 0.135 e. The summed E-state index contributed by atoms with van der Waals surface area (Å²) in [7, 11) is 0.